The fraction of sp³-hybridized carbons (Fsp3) is 0.333. The maximum atomic E-state index is 11.9. The van der Waals surface area contributed by atoms with Crippen LogP contribution in [-0.4, -0.2) is 35.1 Å². The van der Waals surface area contributed by atoms with Crippen LogP contribution in [0.25, 0.3) is 0 Å². The number of carboxylic acids is 1. The molecule has 0 aromatic heterocycles. The number of aliphatic carboxylic acids is 1. The molecule has 0 aliphatic carbocycles. The Labute approximate surface area is 130 Å². The van der Waals surface area contributed by atoms with Crippen LogP contribution in [0.15, 0.2) is 12.1 Å². The van der Waals surface area contributed by atoms with E-state index in [1.165, 1.54) is 17.0 Å². The number of carboxylic acid groups (broad SMARTS) is 1. The van der Waals surface area contributed by atoms with Crippen molar-refractivity contribution in [1.29, 1.82) is 0 Å². The van der Waals surface area contributed by atoms with Crippen molar-refractivity contribution >= 4 is 52.5 Å². The molecule has 1 aromatic rings. The van der Waals surface area contributed by atoms with E-state index in [9.17, 15) is 9.59 Å². The molecule has 1 saturated heterocycles. The van der Waals surface area contributed by atoms with E-state index in [1.807, 2.05) is 0 Å². The van der Waals surface area contributed by atoms with Gasteiger partial charge in [-0.15, -0.1) is 0 Å². The quantitative estimate of drug-likeness (QED) is 0.828. The van der Waals surface area contributed by atoms with E-state index in [0.717, 1.165) is 0 Å². The number of nitrogens with one attached hydrogen (secondary N) is 1. The summed E-state index contributed by atoms with van der Waals surface area (Å²) in [6.07, 6.45) is 0.0668. The second-order valence-electron chi connectivity index (χ2n) is 4.55. The summed E-state index contributed by atoms with van der Waals surface area (Å²) in [6, 6.07) is 2.58. The monoisotopic (exact) mass is 336 g/mol. The Morgan fingerprint density at radius 3 is 2.40 bits per heavy atom. The lowest BCUT2D eigenvalue weighted by atomic mass is 9.97. The van der Waals surface area contributed by atoms with Gasteiger partial charge >= 0.3 is 12.0 Å². The van der Waals surface area contributed by atoms with Crippen molar-refractivity contribution in [3.05, 3.63) is 27.2 Å². The van der Waals surface area contributed by atoms with Crippen LogP contribution < -0.4 is 5.32 Å². The molecule has 2 amide bonds. The lowest BCUT2D eigenvalue weighted by molar-refractivity contribution is -0.139. The van der Waals surface area contributed by atoms with Crippen molar-refractivity contribution in [3.8, 4) is 0 Å². The van der Waals surface area contributed by atoms with Gasteiger partial charge in [0.2, 0.25) is 0 Å². The van der Waals surface area contributed by atoms with E-state index < -0.39 is 5.97 Å². The lowest BCUT2D eigenvalue weighted by Crippen LogP contribution is -2.52. The molecule has 108 valence electrons. The van der Waals surface area contributed by atoms with Gasteiger partial charge in [-0.25, -0.2) is 4.79 Å². The first-order valence-electron chi connectivity index (χ1n) is 5.79. The van der Waals surface area contributed by atoms with Crippen molar-refractivity contribution in [3.63, 3.8) is 0 Å². The van der Waals surface area contributed by atoms with E-state index in [0.29, 0.717) is 28.8 Å². The smallest absolute Gasteiger partial charge is 0.321 e. The Hall–Kier alpha value is -1.17. The fourth-order valence-corrected chi connectivity index (χ4v) is 2.52. The molecule has 5 nitrogen and oxygen atoms in total. The molecule has 0 atom stereocenters. The van der Waals surface area contributed by atoms with E-state index in [2.05, 4.69) is 5.32 Å². The average Bonchev–Trinajstić information content (AvgIpc) is 2.29. The van der Waals surface area contributed by atoms with Crippen molar-refractivity contribution in [1.82, 2.24) is 4.90 Å². The maximum absolute atomic E-state index is 11.9. The summed E-state index contributed by atoms with van der Waals surface area (Å²) >= 11 is 17.6. The predicted molar refractivity (Wildman–Crippen MR) is 77.8 cm³/mol. The third-order valence-corrected chi connectivity index (χ3v) is 3.99. The van der Waals surface area contributed by atoms with Crippen LogP contribution in [0.3, 0.4) is 0 Å². The highest BCUT2D eigenvalue weighted by atomic mass is 35.5. The van der Waals surface area contributed by atoms with Gasteiger partial charge in [0.15, 0.2) is 0 Å². The molecule has 1 aliphatic rings. The topological polar surface area (TPSA) is 69.6 Å². The fourth-order valence-electron chi connectivity index (χ4n) is 1.92. The molecule has 1 aromatic carbocycles. The minimum Gasteiger partial charge on any atom is -0.481 e. The third kappa shape index (κ3) is 3.48. The van der Waals surface area contributed by atoms with E-state index in [1.54, 1.807) is 0 Å². The Bertz CT molecular complexity index is 559. The number of nitrogens with zero attached hydrogens (tertiary/aromatic N) is 1. The number of benzene rings is 1. The van der Waals surface area contributed by atoms with Crippen LogP contribution in [0.4, 0.5) is 10.5 Å². The minimum atomic E-state index is -0.859. The van der Waals surface area contributed by atoms with Gasteiger partial charge in [-0.05, 0) is 12.1 Å². The number of rotatable bonds is 3. The zero-order valence-corrected chi connectivity index (χ0v) is 12.5. The lowest BCUT2D eigenvalue weighted by Gasteiger charge is -2.38. The summed E-state index contributed by atoms with van der Waals surface area (Å²) in [5.74, 6) is -0.856. The van der Waals surface area contributed by atoms with Crippen molar-refractivity contribution in [2.75, 3.05) is 18.4 Å². The van der Waals surface area contributed by atoms with Gasteiger partial charge in [-0.2, -0.15) is 0 Å². The average molecular weight is 338 g/mol. The van der Waals surface area contributed by atoms with Gasteiger partial charge in [-0.3, -0.25) is 4.79 Å². The van der Waals surface area contributed by atoms with Crippen molar-refractivity contribution in [2.24, 2.45) is 5.92 Å². The zero-order chi connectivity index (χ0) is 14.9. The van der Waals surface area contributed by atoms with Crippen molar-refractivity contribution in [2.45, 2.75) is 6.42 Å². The van der Waals surface area contributed by atoms with Gasteiger partial charge in [0.25, 0.3) is 0 Å². The zero-order valence-electron chi connectivity index (χ0n) is 10.2. The van der Waals surface area contributed by atoms with Crippen LogP contribution >= 0.6 is 34.8 Å². The molecule has 1 aliphatic heterocycles. The molecule has 2 rings (SSSR count). The molecule has 2 N–H and O–H groups in total. The molecule has 0 bridgehead atoms. The second-order valence-corrected chi connectivity index (χ2v) is 5.77. The number of halogens is 3. The minimum absolute atomic E-state index is 0.00234. The molecule has 1 heterocycles. The van der Waals surface area contributed by atoms with Crippen LogP contribution in [0, 0.1) is 5.92 Å². The third-order valence-electron chi connectivity index (χ3n) is 2.96. The highest BCUT2D eigenvalue weighted by molar-refractivity contribution is 6.44. The summed E-state index contributed by atoms with van der Waals surface area (Å²) < 4.78 is 0. The summed E-state index contributed by atoms with van der Waals surface area (Å²) in [4.78, 5) is 23.9. The van der Waals surface area contributed by atoms with Gasteiger partial charge in [-0.1, -0.05) is 34.8 Å². The molecule has 1 fully saturated rings. The molecular weight excluding hydrogens is 327 g/mol. The van der Waals surface area contributed by atoms with Crippen LogP contribution in [0.2, 0.25) is 15.1 Å². The van der Waals surface area contributed by atoms with E-state index >= 15 is 0 Å². The number of anilines is 1. The number of carbonyl (C=O) groups is 2. The summed E-state index contributed by atoms with van der Waals surface area (Å²) in [5.41, 5.74) is 0.368. The van der Waals surface area contributed by atoms with Crippen LogP contribution in [-0.2, 0) is 4.79 Å². The molecule has 0 unspecified atom stereocenters. The SMILES string of the molecule is O=C(O)CC1CN(C(=O)Nc2cc(Cl)c(Cl)cc2Cl)C1. The normalized spacial score (nSPS) is 14.8. The number of urea groups is 1. The van der Waals surface area contributed by atoms with E-state index in [-0.39, 0.29) is 23.4 Å². The first-order chi connectivity index (χ1) is 9.36. The highest BCUT2D eigenvalue weighted by Crippen LogP contribution is 2.32. The molecule has 8 heteroatoms. The Morgan fingerprint density at radius 1 is 1.20 bits per heavy atom. The predicted octanol–water partition coefficient (Wildman–Crippen LogP) is 3.59. The number of amides is 2. The highest BCUT2D eigenvalue weighted by Gasteiger charge is 2.32. The first-order valence-corrected chi connectivity index (χ1v) is 6.92. The van der Waals surface area contributed by atoms with Gasteiger partial charge in [0.05, 0.1) is 27.2 Å². The number of likely N-dealkylation sites (tertiary alicyclic amines) is 1. The number of hydrogen-bond donors (Lipinski definition) is 2. The molecule has 0 spiro atoms. The maximum Gasteiger partial charge on any atom is 0.321 e. The Balaban J connectivity index is 1.93. The van der Waals surface area contributed by atoms with Crippen molar-refractivity contribution < 1.29 is 14.7 Å². The first kappa shape index (κ1) is 15.2. The van der Waals surface area contributed by atoms with Crippen LogP contribution in [0.5, 0.6) is 0 Å². The second kappa shape index (κ2) is 6.08. The standard InChI is InChI=1S/C12H11Cl3N2O3/c13-7-2-9(15)10(3-8(7)14)16-12(20)17-4-6(5-17)1-11(18)19/h2-3,6H,1,4-5H2,(H,16,20)(H,18,19). The van der Waals surface area contributed by atoms with Gasteiger partial charge < -0.3 is 15.3 Å². The molecule has 0 radical (unpaired) electrons. The molecule has 20 heavy (non-hydrogen) atoms. The summed E-state index contributed by atoms with van der Waals surface area (Å²) in [6.45, 7) is 0.828. The summed E-state index contributed by atoms with van der Waals surface area (Å²) in [7, 11) is 0. The number of hydrogen-bond acceptors (Lipinski definition) is 2. The number of carbonyl (C=O) groups excluding carboxylic acids is 1. The summed E-state index contributed by atoms with van der Waals surface area (Å²) in [5, 5.41) is 12.1. The molecular formula is C12H11Cl3N2O3. The van der Waals surface area contributed by atoms with E-state index in [4.69, 9.17) is 39.9 Å². The Kier molecular flexibility index (Phi) is 4.62. The van der Waals surface area contributed by atoms with Crippen LogP contribution in [0.1, 0.15) is 6.42 Å². The van der Waals surface area contributed by atoms with Gasteiger partial charge in [0.1, 0.15) is 0 Å². The molecule has 0 saturated carbocycles. The van der Waals surface area contributed by atoms with Gasteiger partial charge in [0, 0.05) is 19.0 Å². The Morgan fingerprint density at radius 2 is 1.80 bits per heavy atom. The largest absolute Gasteiger partial charge is 0.481 e.